The summed E-state index contributed by atoms with van der Waals surface area (Å²) >= 11 is 2.99. The van der Waals surface area contributed by atoms with Gasteiger partial charge in [0, 0.05) is 30.7 Å². The molecule has 0 unspecified atom stereocenters. The van der Waals surface area contributed by atoms with Gasteiger partial charge < -0.3 is 4.90 Å². The molecule has 6 heteroatoms. The second-order valence-corrected chi connectivity index (χ2v) is 5.43. The smallest absolute Gasteiger partial charge is 0.259 e. The topological polar surface area (TPSA) is 23.6 Å². The number of piperazine rings is 1. The maximum Gasteiger partial charge on any atom is 0.259 e. The number of nitrogens with zero attached hydrogens (tertiary/aromatic N) is 2. The lowest BCUT2D eigenvalue weighted by molar-refractivity contribution is 0.0642. The average molecular weight is 343 g/mol. The lowest BCUT2D eigenvalue weighted by Crippen LogP contribution is -2.49. The first-order valence-corrected chi connectivity index (χ1v) is 6.92. The Morgan fingerprint density at radius 3 is 2.30 bits per heavy atom. The number of carbonyl (C=O) groups excluding carboxylic acids is 1. The Bertz CT molecular complexity index is 540. The van der Waals surface area contributed by atoms with Gasteiger partial charge in [-0.2, -0.15) is 0 Å². The van der Waals surface area contributed by atoms with Crippen LogP contribution in [0.4, 0.5) is 8.78 Å². The van der Waals surface area contributed by atoms with Crippen molar-refractivity contribution in [1.82, 2.24) is 9.80 Å². The summed E-state index contributed by atoms with van der Waals surface area (Å²) in [5.41, 5.74) is -0.501. The molecule has 1 saturated heterocycles. The number of terminal acetylenes is 1. The van der Waals surface area contributed by atoms with Crippen LogP contribution in [0.15, 0.2) is 16.6 Å². The molecule has 1 aliphatic rings. The first kappa shape index (κ1) is 14.9. The van der Waals surface area contributed by atoms with E-state index in [4.69, 9.17) is 6.42 Å². The zero-order valence-corrected chi connectivity index (χ0v) is 12.3. The maximum absolute atomic E-state index is 13.8. The molecule has 1 aromatic rings. The van der Waals surface area contributed by atoms with Crippen molar-refractivity contribution in [2.45, 2.75) is 0 Å². The molecule has 2 rings (SSSR count). The molecule has 0 aliphatic carbocycles. The molecule has 0 saturated carbocycles. The van der Waals surface area contributed by atoms with Crippen molar-refractivity contribution >= 4 is 21.8 Å². The molecule has 0 spiro atoms. The van der Waals surface area contributed by atoms with E-state index < -0.39 is 23.1 Å². The van der Waals surface area contributed by atoms with E-state index in [0.717, 1.165) is 12.1 Å². The second-order valence-electron chi connectivity index (χ2n) is 4.52. The van der Waals surface area contributed by atoms with Crippen LogP contribution in [0, 0.1) is 24.0 Å². The Labute approximate surface area is 124 Å². The largest absolute Gasteiger partial charge is 0.336 e. The third kappa shape index (κ3) is 3.17. The first-order chi connectivity index (χ1) is 9.52. The third-order valence-electron chi connectivity index (χ3n) is 3.20. The predicted octanol–water partition coefficient (Wildman–Crippen LogP) is 2.12. The standard InChI is InChI=1S/C14H13BrF2N2O/c1-2-3-18-4-6-19(7-5-18)14(20)13-11(16)8-10(15)9-12(13)17/h1,8-9H,3-7H2. The summed E-state index contributed by atoms with van der Waals surface area (Å²) in [6.07, 6.45) is 5.22. The van der Waals surface area contributed by atoms with Crippen LogP contribution in [0.3, 0.4) is 0 Å². The minimum atomic E-state index is -0.854. The van der Waals surface area contributed by atoms with E-state index in [1.165, 1.54) is 4.90 Å². The molecule has 3 nitrogen and oxygen atoms in total. The van der Waals surface area contributed by atoms with Crippen molar-refractivity contribution < 1.29 is 13.6 Å². The fraction of sp³-hybridized carbons (Fsp3) is 0.357. The zero-order chi connectivity index (χ0) is 14.7. The van der Waals surface area contributed by atoms with Gasteiger partial charge in [-0.25, -0.2) is 8.78 Å². The lowest BCUT2D eigenvalue weighted by atomic mass is 10.1. The van der Waals surface area contributed by atoms with Gasteiger partial charge in [-0.1, -0.05) is 21.9 Å². The molecule has 0 aromatic heterocycles. The molecule has 0 radical (unpaired) electrons. The minimum absolute atomic E-state index is 0.267. The van der Waals surface area contributed by atoms with Crippen molar-refractivity contribution in [2.75, 3.05) is 32.7 Å². The number of halogens is 3. The van der Waals surface area contributed by atoms with Gasteiger partial charge in [0.15, 0.2) is 0 Å². The van der Waals surface area contributed by atoms with E-state index in [1.54, 1.807) is 0 Å². The van der Waals surface area contributed by atoms with Crippen molar-refractivity contribution in [3.63, 3.8) is 0 Å². The Kier molecular flexibility index (Phi) is 4.73. The number of hydrogen-bond donors (Lipinski definition) is 0. The van der Waals surface area contributed by atoms with Gasteiger partial charge in [-0.15, -0.1) is 6.42 Å². The van der Waals surface area contributed by atoms with Crippen molar-refractivity contribution in [3.8, 4) is 12.3 Å². The highest BCUT2D eigenvalue weighted by Crippen LogP contribution is 2.21. The van der Waals surface area contributed by atoms with Crippen molar-refractivity contribution in [1.29, 1.82) is 0 Å². The fourth-order valence-electron chi connectivity index (χ4n) is 2.14. The van der Waals surface area contributed by atoms with Crippen LogP contribution >= 0.6 is 15.9 Å². The van der Waals surface area contributed by atoms with Crippen LogP contribution < -0.4 is 0 Å². The zero-order valence-electron chi connectivity index (χ0n) is 10.7. The van der Waals surface area contributed by atoms with Crippen LogP contribution in [0.25, 0.3) is 0 Å². The summed E-state index contributed by atoms with van der Waals surface area (Å²) in [5, 5.41) is 0. The summed E-state index contributed by atoms with van der Waals surface area (Å²) in [6.45, 7) is 2.55. The normalized spacial score (nSPS) is 16.0. The van der Waals surface area contributed by atoms with E-state index in [2.05, 4.69) is 21.9 Å². The van der Waals surface area contributed by atoms with Crippen LogP contribution in [-0.2, 0) is 0 Å². The van der Waals surface area contributed by atoms with Crippen LogP contribution in [0.2, 0.25) is 0 Å². The van der Waals surface area contributed by atoms with Gasteiger partial charge in [-0.05, 0) is 12.1 Å². The molecule has 1 fully saturated rings. The quantitative estimate of drug-likeness (QED) is 0.768. The molecule has 106 valence electrons. The monoisotopic (exact) mass is 342 g/mol. The number of hydrogen-bond acceptors (Lipinski definition) is 2. The number of benzene rings is 1. The summed E-state index contributed by atoms with van der Waals surface area (Å²) in [6, 6.07) is 2.18. The van der Waals surface area contributed by atoms with Crippen molar-refractivity contribution in [3.05, 3.63) is 33.8 Å². The second kappa shape index (κ2) is 6.33. The predicted molar refractivity (Wildman–Crippen MR) is 75.2 cm³/mol. The third-order valence-corrected chi connectivity index (χ3v) is 3.65. The molecular formula is C14H13BrF2N2O. The van der Waals surface area contributed by atoms with Crippen LogP contribution in [0.5, 0.6) is 0 Å². The summed E-state index contributed by atoms with van der Waals surface area (Å²) in [7, 11) is 0. The number of carbonyl (C=O) groups is 1. The Morgan fingerprint density at radius 2 is 1.80 bits per heavy atom. The summed E-state index contributed by atoms with van der Waals surface area (Å²) < 4.78 is 27.8. The van der Waals surface area contributed by atoms with Gasteiger partial charge in [0.25, 0.3) is 5.91 Å². The number of rotatable bonds is 2. The highest BCUT2D eigenvalue weighted by Gasteiger charge is 2.26. The minimum Gasteiger partial charge on any atom is -0.336 e. The molecular weight excluding hydrogens is 330 g/mol. The SMILES string of the molecule is C#CCN1CCN(C(=O)c2c(F)cc(Br)cc2F)CC1. The van der Waals surface area contributed by atoms with E-state index >= 15 is 0 Å². The Balaban J connectivity index is 2.12. The fourth-order valence-corrected chi connectivity index (χ4v) is 2.54. The Morgan fingerprint density at radius 1 is 1.25 bits per heavy atom. The van der Waals surface area contributed by atoms with Crippen LogP contribution in [-0.4, -0.2) is 48.4 Å². The molecule has 0 bridgehead atoms. The maximum atomic E-state index is 13.8. The first-order valence-electron chi connectivity index (χ1n) is 6.12. The highest BCUT2D eigenvalue weighted by molar-refractivity contribution is 9.10. The number of amides is 1. The van der Waals surface area contributed by atoms with E-state index in [1.807, 2.05) is 4.90 Å². The van der Waals surface area contributed by atoms with Gasteiger partial charge in [0.1, 0.15) is 17.2 Å². The average Bonchev–Trinajstić information content (AvgIpc) is 2.38. The molecule has 1 aliphatic heterocycles. The Hall–Kier alpha value is -1.45. The van der Waals surface area contributed by atoms with Gasteiger partial charge in [0.2, 0.25) is 0 Å². The van der Waals surface area contributed by atoms with Crippen molar-refractivity contribution in [2.24, 2.45) is 0 Å². The molecule has 0 N–H and O–H groups in total. The lowest BCUT2D eigenvalue weighted by Gasteiger charge is -2.33. The van der Waals surface area contributed by atoms with Gasteiger partial charge in [-0.3, -0.25) is 9.69 Å². The van der Waals surface area contributed by atoms with E-state index in [-0.39, 0.29) is 4.47 Å². The van der Waals surface area contributed by atoms with E-state index in [0.29, 0.717) is 32.7 Å². The van der Waals surface area contributed by atoms with Gasteiger partial charge >= 0.3 is 0 Å². The van der Waals surface area contributed by atoms with Gasteiger partial charge in [0.05, 0.1) is 6.54 Å². The molecule has 1 aromatic carbocycles. The van der Waals surface area contributed by atoms with E-state index in [9.17, 15) is 13.6 Å². The highest BCUT2D eigenvalue weighted by atomic mass is 79.9. The summed E-state index contributed by atoms with van der Waals surface area (Å²) in [4.78, 5) is 15.6. The molecule has 0 atom stereocenters. The molecule has 1 heterocycles. The molecule has 20 heavy (non-hydrogen) atoms. The molecule has 1 amide bonds. The van der Waals surface area contributed by atoms with Crippen LogP contribution in [0.1, 0.15) is 10.4 Å². The summed E-state index contributed by atoms with van der Waals surface area (Å²) in [5.74, 6) is 0.210.